The summed E-state index contributed by atoms with van der Waals surface area (Å²) >= 11 is 0. The molecule has 0 atom stereocenters. The van der Waals surface area contributed by atoms with Crippen LogP contribution in [-0.4, -0.2) is 13.1 Å². The van der Waals surface area contributed by atoms with Gasteiger partial charge >= 0.3 is 0 Å². The normalized spacial score (nSPS) is 11.5. The summed E-state index contributed by atoms with van der Waals surface area (Å²) in [6.07, 6.45) is 6.37. The second-order valence-electron chi connectivity index (χ2n) is 6.82. The van der Waals surface area contributed by atoms with Gasteiger partial charge in [-0.05, 0) is 61.7 Å². The van der Waals surface area contributed by atoms with E-state index in [2.05, 4.69) is 57.3 Å². The van der Waals surface area contributed by atoms with Crippen LogP contribution in [0.4, 0.5) is 0 Å². The summed E-state index contributed by atoms with van der Waals surface area (Å²) in [5.41, 5.74) is 2.97. The van der Waals surface area contributed by atoms with Crippen LogP contribution in [0.5, 0.6) is 0 Å². The summed E-state index contributed by atoms with van der Waals surface area (Å²) in [5.74, 6) is 1.51. The minimum absolute atomic E-state index is 0.749. The first-order chi connectivity index (χ1) is 9.58. The molecule has 1 rings (SSSR count). The third kappa shape index (κ3) is 8.37. The average Bonchev–Trinajstić information content (AvgIpc) is 2.38. The molecule has 0 amide bonds. The second kappa shape index (κ2) is 9.99. The zero-order chi connectivity index (χ0) is 14.8. The predicted octanol–water partition coefficient (Wildman–Crippen LogP) is 4.84. The fraction of sp³-hybridized carbons (Fsp3) is 0.684. The Kier molecular flexibility index (Phi) is 8.60. The largest absolute Gasteiger partial charge is 0.316 e. The lowest BCUT2D eigenvalue weighted by Gasteiger charge is -2.08. The van der Waals surface area contributed by atoms with E-state index in [1.807, 2.05) is 0 Å². The quantitative estimate of drug-likeness (QED) is 0.602. The number of benzene rings is 1. The van der Waals surface area contributed by atoms with Gasteiger partial charge in [-0.15, -0.1) is 0 Å². The third-order valence-corrected chi connectivity index (χ3v) is 3.54. The molecule has 0 bridgehead atoms. The van der Waals surface area contributed by atoms with Crippen LogP contribution < -0.4 is 5.32 Å². The molecule has 1 aromatic rings. The van der Waals surface area contributed by atoms with Crippen molar-refractivity contribution in [3.8, 4) is 0 Å². The number of aryl methyl sites for hydroxylation is 1. The Morgan fingerprint density at radius 2 is 1.45 bits per heavy atom. The minimum Gasteiger partial charge on any atom is -0.316 e. The molecule has 0 aliphatic carbocycles. The average molecular weight is 275 g/mol. The first-order valence-corrected chi connectivity index (χ1v) is 8.36. The van der Waals surface area contributed by atoms with Gasteiger partial charge in [0.25, 0.3) is 0 Å². The monoisotopic (exact) mass is 275 g/mol. The summed E-state index contributed by atoms with van der Waals surface area (Å²) in [4.78, 5) is 0. The van der Waals surface area contributed by atoms with Gasteiger partial charge < -0.3 is 5.32 Å². The highest BCUT2D eigenvalue weighted by Crippen LogP contribution is 2.12. The molecule has 0 aliphatic rings. The van der Waals surface area contributed by atoms with Crippen molar-refractivity contribution in [3.63, 3.8) is 0 Å². The van der Waals surface area contributed by atoms with Gasteiger partial charge in [-0.2, -0.15) is 0 Å². The molecule has 1 nitrogen and oxygen atoms in total. The van der Waals surface area contributed by atoms with Crippen molar-refractivity contribution < 1.29 is 0 Å². The number of rotatable bonds is 10. The standard InChI is InChI=1S/C19H33N/c1-16(2)14-19-11-9-18(10-12-19)8-6-5-7-13-20-15-17(3)4/h9-12,16-17,20H,5-8,13-15H2,1-4H3. The van der Waals surface area contributed by atoms with E-state index < -0.39 is 0 Å². The zero-order valence-electron chi connectivity index (χ0n) is 13.9. The van der Waals surface area contributed by atoms with Gasteiger partial charge in [-0.25, -0.2) is 0 Å². The molecule has 1 heteroatoms. The summed E-state index contributed by atoms with van der Waals surface area (Å²) in [7, 11) is 0. The highest BCUT2D eigenvalue weighted by Gasteiger charge is 1.99. The smallest absolute Gasteiger partial charge is 0.00258 e. The number of hydrogen-bond donors (Lipinski definition) is 1. The lowest BCUT2D eigenvalue weighted by Crippen LogP contribution is -2.20. The van der Waals surface area contributed by atoms with E-state index in [0.29, 0.717) is 0 Å². The molecular weight excluding hydrogens is 242 g/mol. The van der Waals surface area contributed by atoms with Crippen molar-refractivity contribution in [2.24, 2.45) is 11.8 Å². The fourth-order valence-corrected chi connectivity index (χ4v) is 2.46. The van der Waals surface area contributed by atoms with Crippen molar-refractivity contribution in [1.29, 1.82) is 0 Å². The first-order valence-electron chi connectivity index (χ1n) is 8.36. The maximum absolute atomic E-state index is 3.51. The maximum Gasteiger partial charge on any atom is -0.00258 e. The Bertz CT molecular complexity index is 337. The maximum atomic E-state index is 3.51. The topological polar surface area (TPSA) is 12.0 Å². The number of nitrogens with one attached hydrogen (secondary N) is 1. The molecule has 20 heavy (non-hydrogen) atoms. The first kappa shape index (κ1) is 17.2. The molecule has 0 saturated heterocycles. The van der Waals surface area contributed by atoms with Crippen LogP contribution in [0.1, 0.15) is 58.1 Å². The molecule has 0 radical (unpaired) electrons. The highest BCUT2D eigenvalue weighted by atomic mass is 14.8. The SMILES string of the molecule is CC(C)CNCCCCCc1ccc(CC(C)C)cc1. The zero-order valence-corrected chi connectivity index (χ0v) is 13.9. The molecular formula is C19H33N. The van der Waals surface area contributed by atoms with Crippen molar-refractivity contribution in [3.05, 3.63) is 35.4 Å². The third-order valence-electron chi connectivity index (χ3n) is 3.54. The molecule has 0 aliphatic heterocycles. The van der Waals surface area contributed by atoms with E-state index in [1.54, 1.807) is 0 Å². The van der Waals surface area contributed by atoms with Crippen LogP contribution in [-0.2, 0) is 12.8 Å². The summed E-state index contributed by atoms with van der Waals surface area (Å²) in [6, 6.07) is 9.24. The minimum atomic E-state index is 0.749. The van der Waals surface area contributed by atoms with E-state index >= 15 is 0 Å². The molecule has 0 fully saturated rings. The Balaban J connectivity index is 2.10. The predicted molar refractivity (Wildman–Crippen MR) is 90.2 cm³/mol. The summed E-state index contributed by atoms with van der Waals surface area (Å²) in [5, 5.41) is 3.51. The van der Waals surface area contributed by atoms with Crippen molar-refractivity contribution in [2.75, 3.05) is 13.1 Å². The van der Waals surface area contributed by atoms with Crippen LogP contribution in [0.25, 0.3) is 0 Å². The molecule has 114 valence electrons. The number of unbranched alkanes of at least 4 members (excludes halogenated alkanes) is 2. The lowest BCUT2D eigenvalue weighted by molar-refractivity contribution is 0.530. The van der Waals surface area contributed by atoms with E-state index in [9.17, 15) is 0 Å². The van der Waals surface area contributed by atoms with Crippen LogP contribution in [0.15, 0.2) is 24.3 Å². The molecule has 0 spiro atoms. The second-order valence-corrected chi connectivity index (χ2v) is 6.82. The van der Waals surface area contributed by atoms with Gasteiger partial charge in [-0.3, -0.25) is 0 Å². The van der Waals surface area contributed by atoms with E-state index in [4.69, 9.17) is 0 Å². The van der Waals surface area contributed by atoms with Crippen molar-refractivity contribution in [2.45, 2.75) is 59.8 Å². The van der Waals surface area contributed by atoms with E-state index in [1.165, 1.54) is 49.8 Å². The van der Waals surface area contributed by atoms with Gasteiger partial charge in [-0.1, -0.05) is 58.4 Å². The van der Waals surface area contributed by atoms with Crippen molar-refractivity contribution in [1.82, 2.24) is 5.32 Å². The van der Waals surface area contributed by atoms with Gasteiger partial charge in [0, 0.05) is 0 Å². The van der Waals surface area contributed by atoms with Gasteiger partial charge in [0.1, 0.15) is 0 Å². The lowest BCUT2D eigenvalue weighted by atomic mass is 10.00. The molecule has 1 aromatic carbocycles. The number of hydrogen-bond acceptors (Lipinski definition) is 1. The van der Waals surface area contributed by atoms with Crippen molar-refractivity contribution >= 4 is 0 Å². The Morgan fingerprint density at radius 3 is 2.05 bits per heavy atom. The molecule has 0 saturated carbocycles. The molecule has 0 aromatic heterocycles. The van der Waals surface area contributed by atoms with E-state index in [0.717, 1.165) is 18.4 Å². The van der Waals surface area contributed by atoms with Crippen LogP contribution in [0.3, 0.4) is 0 Å². The van der Waals surface area contributed by atoms with Gasteiger partial charge in [0.05, 0.1) is 0 Å². The Morgan fingerprint density at radius 1 is 0.800 bits per heavy atom. The fourth-order valence-electron chi connectivity index (χ4n) is 2.46. The van der Waals surface area contributed by atoms with E-state index in [-0.39, 0.29) is 0 Å². The van der Waals surface area contributed by atoms with Crippen LogP contribution >= 0.6 is 0 Å². The van der Waals surface area contributed by atoms with Crippen LogP contribution in [0.2, 0.25) is 0 Å². The van der Waals surface area contributed by atoms with Crippen LogP contribution in [0, 0.1) is 11.8 Å². The Hall–Kier alpha value is -0.820. The molecule has 1 N–H and O–H groups in total. The molecule has 0 unspecified atom stereocenters. The van der Waals surface area contributed by atoms with Gasteiger partial charge in [0.2, 0.25) is 0 Å². The van der Waals surface area contributed by atoms with Gasteiger partial charge in [0.15, 0.2) is 0 Å². The summed E-state index contributed by atoms with van der Waals surface area (Å²) in [6.45, 7) is 11.4. The Labute approximate surface area is 126 Å². The highest BCUT2D eigenvalue weighted by molar-refractivity contribution is 5.22. The molecule has 0 heterocycles. The summed E-state index contributed by atoms with van der Waals surface area (Å²) < 4.78 is 0.